The van der Waals surface area contributed by atoms with Crippen molar-refractivity contribution in [2.45, 2.75) is 6.42 Å². The molecule has 0 radical (unpaired) electrons. The molecule has 146 valence electrons. The number of hydrogen-bond acceptors (Lipinski definition) is 5. The number of nitrogens with one attached hydrogen (secondary N) is 1. The van der Waals surface area contributed by atoms with Gasteiger partial charge in [0.2, 0.25) is 11.2 Å². The maximum atomic E-state index is 15.1. The molecule has 1 aliphatic heterocycles. The number of allylic oxidation sites excluding steroid dienone is 1. The maximum Gasteiger partial charge on any atom is 0.253 e. The van der Waals surface area contributed by atoms with Gasteiger partial charge in [-0.3, -0.25) is 18.8 Å². The van der Waals surface area contributed by atoms with Crippen molar-refractivity contribution in [2.24, 2.45) is 10.7 Å². The van der Waals surface area contributed by atoms with Crippen molar-refractivity contribution in [3.63, 3.8) is 0 Å². The third-order valence-electron chi connectivity index (χ3n) is 4.13. The van der Waals surface area contributed by atoms with Crippen molar-refractivity contribution in [1.82, 2.24) is 4.72 Å². The first-order valence-electron chi connectivity index (χ1n) is 8.47. The quantitative estimate of drug-likeness (QED) is 0.639. The van der Waals surface area contributed by atoms with Crippen LogP contribution in [0.2, 0.25) is 0 Å². The van der Waals surface area contributed by atoms with Gasteiger partial charge in [0.25, 0.3) is 5.91 Å². The van der Waals surface area contributed by atoms with Crippen LogP contribution >= 0.6 is 0 Å². The van der Waals surface area contributed by atoms with E-state index >= 15 is 4.39 Å². The highest BCUT2D eigenvalue weighted by molar-refractivity contribution is 7.85. The molecule has 7 nitrogen and oxygen atoms in total. The summed E-state index contributed by atoms with van der Waals surface area (Å²) in [6, 6.07) is 12.4. The minimum Gasteiger partial charge on any atom is -0.506 e. The zero-order valence-electron chi connectivity index (χ0n) is 14.8. The van der Waals surface area contributed by atoms with Gasteiger partial charge in [0, 0.05) is 30.1 Å². The fraction of sp³-hybridized carbons (Fsp3) is 0.158. The van der Waals surface area contributed by atoms with E-state index in [1.165, 1.54) is 24.5 Å². The van der Waals surface area contributed by atoms with Crippen molar-refractivity contribution in [3.8, 4) is 5.75 Å². The molecule has 1 unspecified atom stereocenters. The predicted molar refractivity (Wildman–Crippen MR) is 107 cm³/mol. The lowest BCUT2D eigenvalue weighted by Crippen LogP contribution is -2.24. The highest BCUT2D eigenvalue weighted by Gasteiger charge is 2.32. The van der Waals surface area contributed by atoms with Crippen LogP contribution in [-0.4, -0.2) is 34.5 Å². The Labute approximate surface area is 164 Å². The number of nitrogens with two attached hydrogens (primary N) is 1. The van der Waals surface area contributed by atoms with Gasteiger partial charge in [0.1, 0.15) is 18.0 Å². The maximum absolute atomic E-state index is 15.1. The molecule has 2 aromatic rings. The number of anilines is 1. The zero-order valence-corrected chi connectivity index (χ0v) is 15.7. The number of phenolic OH excluding ortho intramolecular Hbond substituents is 1. The van der Waals surface area contributed by atoms with E-state index in [9.17, 15) is 14.1 Å². The summed E-state index contributed by atoms with van der Waals surface area (Å²) in [5.41, 5.74) is 6.82. The van der Waals surface area contributed by atoms with Crippen molar-refractivity contribution in [3.05, 3.63) is 65.6 Å². The molecule has 0 spiro atoms. The third-order valence-corrected chi connectivity index (χ3v) is 5.24. The summed E-state index contributed by atoms with van der Waals surface area (Å²) in [4.78, 5) is 15.7. The average Bonchev–Trinajstić information content (AvgIpc) is 3.01. The van der Waals surface area contributed by atoms with Crippen LogP contribution in [0.15, 0.2) is 53.7 Å². The molecule has 1 amide bonds. The van der Waals surface area contributed by atoms with E-state index < -0.39 is 28.6 Å². The van der Waals surface area contributed by atoms with E-state index in [0.717, 1.165) is 16.3 Å². The molecule has 0 aliphatic carbocycles. The normalized spacial score (nSPS) is 17.3. The summed E-state index contributed by atoms with van der Waals surface area (Å²) in [5, 5.41) is 10.0. The SMILES string of the molecule is N/C=C(\C=NCCc1ccccc1)c1ccc(O)c(N2CC(=O)NS2=O)c1F. The predicted octanol–water partition coefficient (Wildman–Crippen LogP) is 1.66. The molecule has 28 heavy (non-hydrogen) atoms. The molecular weight excluding hydrogens is 383 g/mol. The van der Waals surface area contributed by atoms with Gasteiger partial charge in [-0.15, -0.1) is 0 Å². The molecule has 1 saturated heterocycles. The Kier molecular flexibility index (Phi) is 6.05. The number of aliphatic imine (C=N–C) groups is 1. The number of aromatic hydroxyl groups is 1. The lowest BCUT2D eigenvalue weighted by molar-refractivity contribution is -0.117. The van der Waals surface area contributed by atoms with E-state index in [1.807, 2.05) is 30.3 Å². The Bertz CT molecular complexity index is 963. The van der Waals surface area contributed by atoms with Gasteiger partial charge in [-0.25, -0.2) is 8.60 Å². The minimum atomic E-state index is -1.96. The number of benzene rings is 2. The molecule has 1 atom stereocenters. The minimum absolute atomic E-state index is 0.0788. The number of phenols is 1. The molecule has 9 heteroatoms. The van der Waals surface area contributed by atoms with Crippen LogP contribution in [-0.2, 0) is 22.4 Å². The smallest absolute Gasteiger partial charge is 0.253 e. The number of nitrogens with zero attached hydrogens (tertiary/aromatic N) is 2. The zero-order chi connectivity index (χ0) is 20.1. The second-order valence-corrected chi connectivity index (χ2v) is 7.14. The number of carbonyl (C=O) groups is 1. The molecule has 1 fully saturated rings. The van der Waals surface area contributed by atoms with E-state index in [4.69, 9.17) is 5.73 Å². The molecule has 0 bridgehead atoms. The van der Waals surface area contributed by atoms with Gasteiger partial charge in [-0.1, -0.05) is 30.3 Å². The van der Waals surface area contributed by atoms with Crippen LogP contribution in [0.3, 0.4) is 0 Å². The highest BCUT2D eigenvalue weighted by Crippen LogP contribution is 2.36. The van der Waals surface area contributed by atoms with Gasteiger partial charge >= 0.3 is 0 Å². The first-order chi connectivity index (χ1) is 13.5. The van der Waals surface area contributed by atoms with Crippen LogP contribution in [0.1, 0.15) is 11.1 Å². The second-order valence-electron chi connectivity index (χ2n) is 6.00. The number of carbonyl (C=O) groups excluding carboxylic acids is 1. The number of halogens is 1. The standard InChI is InChI=1S/C19H19FN4O3S/c20-18-15(6-7-16(25)19(18)24-12-17(26)23-28(24)27)14(10-21)11-22-9-8-13-4-2-1-3-5-13/h1-7,10-11,25H,8-9,12,21H2,(H,23,26)/b14-10+,22-11?. The fourth-order valence-electron chi connectivity index (χ4n) is 2.75. The van der Waals surface area contributed by atoms with Crippen molar-refractivity contribution in [1.29, 1.82) is 0 Å². The monoisotopic (exact) mass is 402 g/mol. The Morgan fingerprint density at radius 3 is 2.71 bits per heavy atom. The van der Waals surface area contributed by atoms with Gasteiger partial charge in [0.05, 0.1) is 0 Å². The molecule has 1 aliphatic rings. The molecule has 2 aromatic carbocycles. The lowest BCUT2D eigenvalue weighted by Gasteiger charge is -2.18. The van der Waals surface area contributed by atoms with E-state index in [2.05, 4.69) is 9.71 Å². The molecule has 0 saturated carbocycles. The van der Waals surface area contributed by atoms with Gasteiger partial charge in [-0.05, 0) is 24.1 Å². The molecule has 4 N–H and O–H groups in total. The number of rotatable bonds is 6. The summed E-state index contributed by atoms with van der Waals surface area (Å²) in [7, 11) is 0. The fourth-order valence-corrected chi connectivity index (χ4v) is 3.70. The topological polar surface area (TPSA) is 108 Å². The van der Waals surface area contributed by atoms with Crippen LogP contribution in [0.4, 0.5) is 10.1 Å². The second kappa shape index (κ2) is 8.66. The van der Waals surface area contributed by atoms with Gasteiger partial charge in [0.15, 0.2) is 5.82 Å². The molecular formula is C19H19FN4O3S. The van der Waals surface area contributed by atoms with Crippen LogP contribution in [0, 0.1) is 5.82 Å². The number of amides is 1. The van der Waals surface area contributed by atoms with E-state index in [-0.39, 0.29) is 17.8 Å². The summed E-state index contributed by atoms with van der Waals surface area (Å²) in [5.74, 6) is -1.79. The third kappa shape index (κ3) is 4.20. The van der Waals surface area contributed by atoms with Crippen LogP contribution in [0.5, 0.6) is 5.75 Å². The number of hydrogen-bond donors (Lipinski definition) is 3. The largest absolute Gasteiger partial charge is 0.506 e. The Hall–Kier alpha value is -3.20. The Balaban J connectivity index is 1.81. The summed E-state index contributed by atoms with van der Waals surface area (Å²) >= 11 is -1.96. The highest BCUT2D eigenvalue weighted by atomic mass is 32.2. The van der Waals surface area contributed by atoms with Gasteiger partial charge < -0.3 is 10.8 Å². The first-order valence-corrected chi connectivity index (χ1v) is 9.58. The van der Waals surface area contributed by atoms with Crippen LogP contribution < -0.4 is 14.8 Å². The lowest BCUT2D eigenvalue weighted by atomic mass is 10.1. The Morgan fingerprint density at radius 1 is 1.32 bits per heavy atom. The first kappa shape index (κ1) is 19.6. The van der Waals surface area contributed by atoms with Gasteiger partial charge in [-0.2, -0.15) is 0 Å². The molecule has 0 aromatic heterocycles. The van der Waals surface area contributed by atoms with E-state index in [1.54, 1.807) is 0 Å². The molecule has 1 heterocycles. The Morgan fingerprint density at radius 2 is 2.07 bits per heavy atom. The molecule has 3 rings (SSSR count). The summed E-state index contributed by atoms with van der Waals surface area (Å²) < 4.78 is 30.1. The summed E-state index contributed by atoms with van der Waals surface area (Å²) in [6.45, 7) is 0.163. The average molecular weight is 402 g/mol. The van der Waals surface area contributed by atoms with Crippen LogP contribution in [0.25, 0.3) is 5.57 Å². The van der Waals surface area contributed by atoms with Crippen molar-refractivity contribution < 1.29 is 18.5 Å². The van der Waals surface area contributed by atoms with E-state index in [0.29, 0.717) is 12.1 Å². The summed E-state index contributed by atoms with van der Waals surface area (Å²) in [6.07, 6.45) is 3.38. The van der Waals surface area contributed by atoms with Crippen molar-refractivity contribution >= 4 is 34.6 Å². The van der Waals surface area contributed by atoms with Crippen molar-refractivity contribution in [2.75, 3.05) is 17.4 Å².